The average Bonchev–Trinajstić information content (AvgIpc) is 3.41. The van der Waals surface area contributed by atoms with E-state index in [1.54, 1.807) is 17.0 Å². The van der Waals surface area contributed by atoms with E-state index in [0.29, 0.717) is 18.0 Å². The Morgan fingerprint density at radius 2 is 1.71 bits per heavy atom. The maximum absolute atomic E-state index is 13.6. The minimum Gasteiger partial charge on any atom is -0.318 e. The summed E-state index contributed by atoms with van der Waals surface area (Å²) in [6, 6.07) is 24.8. The Hall–Kier alpha value is -3.64. The van der Waals surface area contributed by atoms with Gasteiger partial charge in [0.15, 0.2) is 0 Å². The van der Waals surface area contributed by atoms with Crippen LogP contribution in [0, 0.1) is 0 Å². The molecule has 35 heavy (non-hydrogen) atoms. The van der Waals surface area contributed by atoms with Crippen molar-refractivity contribution in [1.29, 1.82) is 0 Å². The lowest BCUT2D eigenvalue weighted by atomic mass is 10.1. The highest BCUT2D eigenvalue weighted by Gasteiger charge is 2.35. The zero-order chi connectivity index (χ0) is 24.5. The molecule has 4 aromatic rings. The number of hydrogen-bond donors (Lipinski definition) is 0. The van der Waals surface area contributed by atoms with Crippen LogP contribution in [0.3, 0.4) is 0 Å². The lowest BCUT2D eigenvalue weighted by Gasteiger charge is -2.27. The normalized spacial score (nSPS) is 15.8. The summed E-state index contributed by atoms with van der Waals surface area (Å²) in [5.41, 5.74) is 3.40. The first-order valence-electron chi connectivity index (χ1n) is 11.8. The van der Waals surface area contributed by atoms with E-state index in [2.05, 4.69) is 0 Å². The number of para-hydroxylation sites is 3. The number of hydrogen-bond acceptors (Lipinski definition) is 3. The van der Waals surface area contributed by atoms with Gasteiger partial charge in [-0.05, 0) is 62.4 Å². The van der Waals surface area contributed by atoms with Crippen molar-refractivity contribution in [3.63, 3.8) is 0 Å². The van der Waals surface area contributed by atoms with E-state index in [-0.39, 0.29) is 30.3 Å². The van der Waals surface area contributed by atoms with Crippen molar-refractivity contribution in [1.82, 2.24) is 9.55 Å². The molecule has 1 aliphatic rings. The van der Waals surface area contributed by atoms with Gasteiger partial charge in [-0.1, -0.05) is 41.9 Å². The van der Waals surface area contributed by atoms with E-state index in [0.717, 1.165) is 28.2 Å². The van der Waals surface area contributed by atoms with Crippen LogP contribution in [0.25, 0.3) is 11.0 Å². The number of benzene rings is 3. The molecule has 0 radical (unpaired) electrons. The van der Waals surface area contributed by atoms with Crippen molar-refractivity contribution in [3.8, 4) is 0 Å². The van der Waals surface area contributed by atoms with Crippen LogP contribution in [-0.2, 0) is 16.1 Å². The number of carbonyl (C=O) groups excluding carboxylic acids is 2. The van der Waals surface area contributed by atoms with E-state index in [4.69, 9.17) is 16.6 Å². The van der Waals surface area contributed by atoms with Crippen LogP contribution in [0.1, 0.15) is 32.0 Å². The number of nitrogens with zero attached hydrogens (tertiary/aromatic N) is 4. The zero-order valence-corrected chi connectivity index (χ0v) is 20.5. The highest BCUT2D eigenvalue weighted by Crippen LogP contribution is 2.34. The van der Waals surface area contributed by atoms with Crippen LogP contribution in [0.5, 0.6) is 0 Å². The number of anilines is 2. The Morgan fingerprint density at radius 3 is 2.43 bits per heavy atom. The fourth-order valence-electron chi connectivity index (χ4n) is 4.85. The molecule has 1 saturated heterocycles. The highest BCUT2D eigenvalue weighted by molar-refractivity contribution is 6.30. The SMILES string of the molecule is CC(C)N(C(=O)Cn1c([C@@H]2CC(=O)N(c3ccc(Cl)cc3)C2)nc2ccccc21)c1ccccc1. The minimum absolute atomic E-state index is 0.00316. The van der Waals surface area contributed by atoms with Gasteiger partial charge in [-0.15, -0.1) is 0 Å². The first-order valence-corrected chi connectivity index (χ1v) is 12.2. The van der Waals surface area contributed by atoms with E-state index in [1.807, 2.05) is 90.0 Å². The lowest BCUT2D eigenvalue weighted by molar-refractivity contribution is -0.119. The molecule has 0 spiro atoms. The molecule has 2 amide bonds. The van der Waals surface area contributed by atoms with Crippen LogP contribution >= 0.6 is 11.6 Å². The molecule has 1 fully saturated rings. The number of rotatable bonds is 6. The third-order valence-corrected chi connectivity index (χ3v) is 6.68. The molecule has 3 aromatic carbocycles. The van der Waals surface area contributed by atoms with E-state index in [9.17, 15) is 9.59 Å². The molecule has 0 bridgehead atoms. The van der Waals surface area contributed by atoms with Crippen LogP contribution in [0.2, 0.25) is 5.02 Å². The van der Waals surface area contributed by atoms with E-state index >= 15 is 0 Å². The van der Waals surface area contributed by atoms with Crippen LogP contribution in [0.15, 0.2) is 78.9 Å². The molecular weight excluding hydrogens is 460 g/mol. The maximum atomic E-state index is 13.6. The molecule has 1 atom stereocenters. The Bertz CT molecular complexity index is 1370. The molecule has 0 N–H and O–H groups in total. The van der Waals surface area contributed by atoms with Crippen molar-refractivity contribution in [2.24, 2.45) is 0 Å². The molecule has 5 rings (SSSR count). The lowest BCUT2D eigenvalue weighted by Crippen LogP contribution is -2.39. The average molecular weight is 487 g/mol. The number of amides is 2. The molecule has 178 valence electrons. The maximum Gasteiger partial charge on any atom is 0.247 e. The number of aromatic nitrogens is 2. The van der Waals surface area contributed by atoms with Gasteiger partial charge < -0.3 is 14.4 Å². The van der Waals surface area contributed by atoms with Crippen LogP contribution in [-0.4, -0.2) is 34.0 Å². The monoisotopic (exact) mass is 486 g/mol. The summed E-state index contributed by atoms with van der Waals surface area (Å²) in [4.78, 5) is 35.1. The topological polar surface area (TPSA) is 58.4 Å². The second-order valence-electron chi connectivity index (χ2n) is 9.12. The highest BCUT2D eigenvalue weighted by atomic mass is 35.5. The van der Waals surface area contributed by atoms with E-state index < -0.39 is 0 Å². The van der Waals surface area contributed by atoms with Crippen LogP contribution < -0.4 is 9.80 Å². The predicted octanol–water partition coefficient (Wildman–Crippen LogP) is 5.65. The molecule has 1 aromatic heterocycles. The van der Waals surface area contributed by atoms with Gasteiger partial charge in [0.2, 0.25) is 11.8 Å². The zero-order valence-electron chi connectivity index (χ0n) is 19.8. The van der Waals surface area contributed by atoms with Gasteiger partial charge >= 0.3 is 0 Å². The first-order chi connectivity index (χ1) is 16.9. The molecule has 2 heterocycles. The van der Waals surface area contributed by atoms with Crippen molar-refractivity contribution in [2.45, 2.75) is 38.8 Å². The number of imidazole rings is 1. The Morgan fingerprint density at radius 1 is 1.03 bits per heavy atom. The smallest absolute Gasteiger partial charge is 0.247 e. The summed E-state index contributed by atoms with van der Waals surface area (Å²) < 4.78 is 1.99. The molecule has 7 heteroatoms. The Balaban J connectivity index is 1.49. The number of halogens is 1. The number of fused-ring (bicyclic) bond motifs is 1. The summed E-state index contributed by atoms with van der Waals surface area (Å²) in [6.45, 7) is 4.67. The van der Waals surface area contributed by atoms with Crippen LogP contribution in [0.4, 0.5) is 11.4 Å². The summed E-state index contributed by atoms with van der Waals surface area (Å²) in [5.74, 6) is 0.661. The van der Waals surface area contributed by atoms with Gasteiger partial charge in [-0.3, -0.25) is 9.59 Å². The summed E-state index contributed by atoms with van der Waals surface area (Å²) in [6.07, 6.45) is 0.340. The van der Waals surface area contributed by atoms with Gasteiger partial charge in [0.25, 0.3) is 0 Å². The van der Waals surface area contributed by atoms with Crippen molar-refractivity contribution >= 4 is 45.8 Å². The van der Waals surface area contributed by atoms with Gasteiger partial charge in [0.05, 0.1) is 11.0 Å². The van der Waals surface area contributed by atoms with Crippen molar-refractivity contribution in [2.75, 3.05) is 16.3 Å². The molecule has 0 unspecified atom stereocenters. The largest absolute Gasteiger partial charge is 0.318 e. The van der Waals surface area contributed by atoms with Crippen molar-refractivity contribution < 1.29 is 9.59 Å². The fourth-order valence-corrected chi connectivity index (χ4v) is 4.98. The van der Waals surface area contributed by atoms with Gasteiger partial charge in [0.1, 0.15) is 12.4 Å². The van der Waals surface area contributed by atoms with Gasteiger partial charge in [-0.2, -0.15) is 0 Å². The molecule has 1 aliphatic heterocycles. The third kappa shape index (κ3) is 4.54. The summed E-state index contributed by atoms with van der Waals surface area (Å²) in [7, 11) is 0. The molecular formula is C28H27ClN4O2. The van der Waals surface area contributed by atoms with Gasteiger partial charge in [0, 0.05) is 41.3 Å². The first kappa shape index (κ1) is 23.1. The molecule has 0 aliphatic carbocycles. The second kappa shape index (κ2) is 9.55. The van der Waals surface area contributed by atoms with Crippen molar-refractivity contribution in [3.05, 3.63) is 89.7 Å². The summed E-state index contributed by atoms with van der Waals surface area (Å²) >= 11 is 6.03. The third-order valence-electron chi connectivity index (χ3n) is 6.43. The standard InChI is InChI=1S/C28H27ClN4O2/c1-19(2)33(23-8-4-3-5-9-23)27(35)18-32-25-11-7-6-10-24(25)30-28(32)20-16-26(34)31(17-20)22-14-12-21(29)13-15-22/h3-15,19-20H,16-18H2,1-2H3/t20-/m1/s1. The second-order valence-corrected chi connectivity index (χ2v) is 9.56. The summed E-state index contributed by atoms with van der Waals surface area (Å²) in [5, 5.41) is 0.630. The fraction of sp³-hybridized carbons (Fsp3) is 0.250. The predicted molar refractivity (Wildman–Crippen MR) is 140 cm³/mol. The molecule has 0 saturated carbocycles. The van der Waals surface area contributed by atoms with E-state index in [1.165, 1.54) is 0 Å². The minimum atomic E-state index is -0.123. The molecule has 6 nitrogen and oxygen atoms in total. The van der Waals surface area contributed by atoms with Gasteiger partial charge in [-0.25, -0.2) is 4.98 Å². The Labute approximate surface area is 209 Å². The quantitative estimate of drug-likeness (QED) is 0.354. The Kier molecular flexibility index (Phi) is 6.31. The number of carbonyl (C=O) groups is 2.